The summed E-state index contributed by atoms with van der Waals surface area (Å²) in [5, 5.41) is 14.7. The SMILES string of the molecule is Cc1ccc(OCC2CC2)c(-c2ncnc3c(C(=O)N[C@H]4CC[C@@H](NC(=O)CO)C4)c(C)[nH]c23)c1F. The molecule has 9 nitrogen and oxygen atoms in total. The molecule has 190 valence electrons. The molecule has 0 bridgehead atoms. The van der Waals surface area contributed by atoms with Crippen molar-refractivity contribution in [3.63, 3.8) is 0 Å². The number of aromatic nitrogens is 3. The highest BCUT2D eigenvalue weighted by molar-refractivity contribution is 6.09. The molecule has 2 aliphatic carbocycles. The number of carbonyl (C=O) groups excluding carboxylic acids is 2. The summed E-state index contributed by atoms with van der Waals surface area (Å²) in [4.78, 5) is 36.7. The lowest BCUT2D eigenvalue weighted by Gasteiger charge is -2.15. The highest BCUT2D eigenvalue weighted by atomic mass is 19.1. The number of H-pyrrole nitrogens is 1. The van der Waals surface area contributed by atoms with Crippen molar-refractivity contribution in [2.24, 2.45) is 5.92 Å². The highest BCUT2D eigenvalue weighted by Crippen LogP contribution is 2.39. The lowest BCUT2D eigenvalue weighted by molar-refractivity contribution is -0.124. The molecule has 0 spiro atoms. The third-order valence-electron chi connectivity index (χ3n) is 6.98. The van der Waals surface area contributed by atoms with Gasteiger partial charge in [0.25, 0.3) is 5.91 Å². The fourth-order valence-electron chi connectivity index (χ4n) is 4.86. The van der Waals surface area contributed by atoms with Gasteiger partial charge in [-0.2, -0.15) is 0 Å². The smallest absolute Gasteiger partial charge is 0.255 e. The number of aryl methyl sites for hydroxylation is 2. The van der Waals surface area contributed by atoms with Crippen molar-refractivity contribution in [2.45, 2.75) is 58.0 Å². The Balaban J connectivity index is 1.44. The quantitative estimate of drug-likeness (QED) is 0.380. The number of ether oxygens (including phenoxy) is 1. The van der Waals surface area contributed by atoms with E-state index in [1.807, 2.05) is 0 Å². The molecular weight excluding hydrogens is 465 g/mol. The number of rotatable bonds is 8. The van der Waals surface area contributed by atoms with Gasteiger partial charge in [0.1, 0.15) is 35.7 Å². The Kier molecular flexibility index (Phi) is 6.61. The third kappa shape index (κ3) is 4.77. The second-order valence-electron chi connectivity index (χ2n) is 9.80. The number of carbonyl (C=O) groups is 2. The second kappa shape index (κ2) is 9.85. The second-order valence-corrected chi connectivity index (χ2v) is 9.80. The van der Waals surface area contributed by atoms with Crippen LogP contribution in [0.15, 0.2) is 18.5 Å². The van der Waals surface area contributed by atoms with Crippen LogP contribution >= 0.6 is 0 Å². The van der Waals surface area contributed by atoms with Gasteiger partial charge < -0.3 is 25.5 Å². The first-order valence-electron chi connectivity index (χ1n) is 12.3. The lowest BCUT2D eigenvalue weighted by Crippen LogP contribution is -2.38. The van der Waals surface area contributed by atoms with Crippen molar-refractivity contribution >= 4 is 22.8 Å². The first kappa shape index (κ1) is 24.2. The number of nitrogens with one attached hydrogen (secondary N) is 3. The maximum Gasteiger partial charge on any atom is 0.255 e. The molecule has 5 rings (SSSR count). The number of aliphatic hydroxyl groups excluding tert-OH is 1. The zero-order chi connectivity index (χ0) is 25.4. The molecule has 2 aliphatic rings. The summed E-state index contributed by atoms with van der Waals surface area (Å²) in [6.07, 6.45) is 5.57. The number of nitrogens with zero attached hydrogens (tertiary/aromatic N) is 2. The molecule has 2 heterocycles. The Hall–Kier alpha value is -3.53. The number of hydrogen-bond donors (Lipinski definition) is 4. The van der Waals surface area contributed by atoms with E-state index < -0.39 is 18.3 Å². The zero-order valence-electron chi connectivity index (χ0n) is 20.4. The van der Waals surface area contributed by atoms with Crippen LogP contribution in [0.4, 0.5) is 4.39 Å². The van der Waals surface area contributed by atoms with Gasteiger partial charge in [-0.25, -0.2) is 14.4 Å². The Bertz CT molecular complexity index is 1320. The van der Waals surface area contributed by atoms with Crippen LogP contribution in [0.1, 0.15) is 53.7 Å². The molecule has 0 radical (unpaired) electrons. The number of aromatic amines is 1. The Morgan fingerprint density at radius 2 is 1.89 bits per heavy atom. The van der Waals surface area contributed by atoms with E-state index in [1.165, 1.54) is 6.33 Å². The molecule has 2 fully saturated rings. The fraction of sp³-hybridized carbons (Fsp3) is 0.462. The van der Waals surface area contributed by atoms with Gasteiger partial charge in [-0.15, -0.1) is 0 Å². The molecule has 0 unspecified atom stereocenters. The van der Waals surface area contributed by atoms with E-state index >= 15 is 4.39 Å². The summed E-state index contributed by atoms with van der Waals surface area (Å²) < 4.78 is 21.4. The average molecular weight is 496 g/mol. The van der Waals surface area contributed by atoms with Crippen molar-refractivity contribution in [1.29, 1.82) is 0 Å². The van der Waals surface area contributed by atoms with Crippen LogP contribution < -0.4 is 15.4 Å². The van der Waals surface area contributed by atoms with Gasteiger partial charge in [-0.3, -0.25) is 9.59 Å². The topological polar surface area (TPSA) is 129 Å². The van der Waals surface area contributed by atoms with E-state index in [-0.39, 0.29) is 23.6 Å². The average Bonchev–Trinajstić information content (AvgIpc) is 3.48. The first-order valence-corrected chi connectivity index (χ1v) is 12.3. The van der Waals surface area contributed by atoms with E-state index in [1.54, 1.807) is 26.0 Å². The van der Waals surface area contributed by atoms with Gasteiger partial charge in [-0.1, -0.05) is 6.07 Å². The van der Waals surface area contributed by atoms with Crippen LogP contribution in [0.5, 0.6) is 5.75 Å². The van der Waals surface area contributed by atoms with Crippen molar-refractivity contribution in [3.8, 4) is 17.0 Å². The number of amides is 2. The molecule has 2 atom stereocenters. The summed E-state index contributed by atoms with van der Waals surface area (Å²) in [5.74, 6) is -0.207. The molecule has 10 heteroatoms. The van der Waals surface area contributed by atoms with Crippen LogP contribution in [0.3, 0.4) is 0 Å². The molecule has 0 saturated heterocycles. The van der Waals surface area contributed by atoms with E-state index in [2.05, 4.69) is 25.6 Å². The lowest BCUT2D eigenvalue weighted by atomic mass is 10.0. The van der Waals surface area contributed by atoms with E-state index in [0.717, 1.165) is 12.8 Å². The highest BCUT2D eigenvalue weighted by Gasteiger charge is 2.30. The molecular formula is C26H30FN5O4. The number of fused-ring (bicyclic) bond motifs is 1. The maximum absolute atomic E-state index is 15.4. The van der Waals surface area contributed by atoms with Gasteiger partial charge in [0.15, 0.2) is 0 Å². The summed E-state index contributed by atoms with van der Waals surface area (Å²) in [6, 6.07) is 3.24. The largest absolute Gasteiger partial charge is 0.492 e. The standard InChI is InChI=1S/C26H30FN5O4/c1-13-3-8-18(36-11-15-4-5-15)21(22(13)27)24-25-23(28-12-29-24)20(14(2)30-25)26(35)32-17-7-6-16(9-17)31-19(34)10-33/h3,8,12,15-17,30,33H,4-7,9-11H2,1-2H3,(H,31,34)(H,32,35)/t16-,17+/m1/s1. The monoisotopic (exact) mass is 495 g/mol. The molecule has 2 aromatic heterocycles. The molecule has 3 aromatic rings. The van der Waals surface area contributed by atoms with Crippen molar-refractivity contribution in [3.05, 3.63) is 41.1 Å². The minimum atomic E-state index is -0.557. The predicted octanol–water partition coefficient (Wildman–Crippen LogP) is 2.93. The summed E-state index contributed by atoms with van der Waals surface area (Å²) in [7, 11) is 0. The Morgan fingerprint density at radius 3 is 2.61 bits per heavy atom. The molecule has 0 aliphatic heterocycles. The Morgan fingerprint density at radius 1 is 1.14 bits per heavy atom. The first-order chi connectivity index (χ1) is 17.4. The zero-order valence-corrected chi connectivity index (χ0v) is 20.4. The third-order valence-corrected chi connectivity index (χ3v) is 6.98. The number of aliphatic hydroxyl groups is 1. The van der Waals surface area contributed by atoms with Crippen LogP contribution in [0.25, 0.3) is 22.3 Å². The van der Waals surface area contributed by atoms with Gasteiger partial charge >= 0.3 is 0 Å². The fourth-order valence-corrected chi connectivity index (χ4v) is 4.86. The van der Waals surface area contributed by atoms with Crippen LogP contribution in [-0.2, 0) is 4.79 Å². The number of benzene rings is 1. The summed E-state index contributed by atoms with van der Waals surface area (Å²) >= 11 is 0. The minimum absolute atomic E-state index is 0.0914. The minimum Gasteiger partial charge on any atom is -0.492 e. The van der Waals surface area contributed by atoms with Crippen LogP contribution in [0, 0.1) is 25.6 Å². The van der Waals surface area contributed by atoms with Gasteiger partial charge in [-0.05, 0) is 63.5 Å². The van der Waals surface area contributed by atoms with E-state index in [0.29, 0.717) is 71.1 Å². The van der Waals surface area contributed by atoms with E-state index in [9.17, 15) is 9.59 Å². The summed E-state index contributed by atoms with van der Waals surface area (Å²) in [5.41, 5.74) is 2.94. The van der Waals surface area contributed by atoms with Crippen LogP contribution in [0.2, 0.25) is 0 Å². The van der Waals surface area contributed by atoms with E-state index in [4.69, 9.17) is 9.84 Å². The van der Waals surface area contributed by atoms with Gasteiger partial charge in [0, 0.05) is 17.8 Å². The molecule has 2 saturated carbocycles. The summed E-state index contributed by atoms with van der Waals surface area (Å²) in [6.45, 7) is 3.44. The van der Waals surface area contributed by atoms with Crippen molar-refractivity contribution in [2.75, 3.05) is 13.2 Å². The number of hydrogen-bond acceptors (Lipinski definition) is 6. The normalized spacial score (nSPS) is 19.4. The van der Waals surface area contributed by atoms with Crippen molar-refractivity contribution < 1.29 is 23.8 Å². The molecule has 4 N–H and O–H groups in total. The Labute approximate surface area is 207 Å². The molecule has 1 aromatic carbocycles. The van der Waals surface area contributed by atoms with Crippen molar-refractivity contribution in [1.82, 2.24) is 25.6 Å². The van der Waals surface area contributed by atoms with Crippen LogP contribution in [-0.4, -0.2) is 57.2 Å². The predicted molar refractivity (Wildman–Crippen MR) is 131 cm³/mol. The number of halogens is 1. The van der Waals surface area contributed by atoms with Gasteiger partial charge in [0.2, 0.25) is 5.91 Å². The molecule has 2 amide bonds. The molecule has 36 heavy (non-hydrogen) atoms. The maximum atomic E-state index is 15.4. The van der Waals surface area contributed by atoms with Gasteiger partial charge in [0.05, 0.1) is 23.3 Å².